The van der Waals surface area contributed by atoms with Crippen molar-refractivity contribution in [3.05, 3.63) is 45.9 Å². The molecule has 16 heteroatoms. The lowest BCUT2D eigenvalue weighted by Crippen LogP contribution is -2.59. The maximum absolute atomic E-state index is 14.7. The van der Waals surface area contributed by atoms with Crippen molar-refractivity contribution in [1.29, 1.82) is 0 Å². The molecule has 316 valence electrons. The van der Waals surface area contributed by atoms with Crippen LogP contribution in [0.1, 0.15) is 121 Å². The number of phenols is 1. The van der Waals surface area contributed by atoms with Crippen molar-refractivity contribution in [2.75, 3.05) is 20.3 Å². The molecule has 1 aliphatic heterocycles. The number of phenolic OH excluding ortho intramolecular Hbond substituents is 1. The average Bonchev–Trinajstić information content (AvgIpc) is 3.67. The van der Waals surface area contributed by atoms with E-state index in [9.17, 15) is 39.0 Å². The minimum atomic E-state index is -1.01. The molecule has 0 saturated carbocycles. The van der Waals surface area contributed by atoms with Crippen molar-refractivity contribution in [2.24, 2.45) is 17.8 Å². The van der Waals surface area contributed by atoms with E-state index in [1.807, 2.05) is 39.6 Å². The number of rotatable bonds is 21. The van der Waals surface area contributed by atoms with Gasteiger partial charge in [0.2, 0.25) is 11.8 Å². The normalized spacial score (nSPS) is 17.7. The van der Waals surface area contributed by atoms with Crippen molar-refractivity contribution < 1.29 is 48.5 Å². The second-order valence-corrected chi connectivity index (χ2v) is 16.3. The highest BCUT2D eigenvalue weighted by Gasteiger charge is 2.39. The second kappa shape index (κ2) is 22.4. The number of hydrogen-bond acceptors (Lipinski definition) is 12. The third kappa shape index (κ3) is 14.1. The predicted octanol–water partition coefficient (Wildman–Crippen LogP) is 5.07. The number of carboxylic acid groups (broad SMARTS) is 1. The Hall–Kier alpha value is -4.57. The van der Waals surface area contributed by atoms with Crippen LogP contribution in [0.2, 0.25) is 0 Å². The molecule has 15 nitrogen and oxygen atoms in total. The molecule has 1 aromatic heterocycles. The van der Waals surface area contributed by atoms with Gasteiger partial charge < -0.3 is 35.2 Å². The number of amides is 3. The molecular weight excluding hydrogens is 755 g/mol. The summed E-state index contributed by atoms with van der Waals surface area (Å²) in [6.07, 6.45) is 2.69. The molecular formula is C41H61N5O10S. The average molecular weight is 816 g/mol. The lowest BCUT2D eigenvalue weighted by Gasteiger charge is -2.39. The summed E-state index contributed by atoms with van der Waals surface area (Å²) in [5.74, 6) is -4.58. The first-order valence-corrected chi connectivity index (χ1v) is 20.7. The number of aromatic nitrogens is 1. The summed E-state index contributed by atoms with van der Waals surface area (Å²) in [5.41, 5.74) is 0.813. The Bertz CT molecular complexity index is 1670. The molecule has 57 heavy (non-hydrogen) atoms. The topological polar surface area (TPSA) is 205 Å². The summed E-state index contributed by atoms with van der Waals surface area (Å²) in [4.78, 5) is 86.6. The van der Waals surface area contributed by atoms with Crippen LogP contribution >= 0.6 is 11.3 Å². The summed E-state index contributed by atoms with van der Waals surface area (Å²) in [6.45, 7) is 12.4. The van der Waals surface area contributed by atoms with Gasteiger partial charge >= 0.3 is 17.9 Å². The van der Waals surface area contributed by atoms with E-state index < -0.39 is 66.6 Å². The molecule has 0 bridgehead atoms. The molecule has 2 aromatic rings. The van der Waals surface area contributed by atoms with Gasteiger partial charge in [-0.2, -0.15) is 0 Å². The van der Waals surface area contributed by atoms with Gasteiger partial charge in [-0.3, -0.25) is 33.7 Å². The number of likely N-dealkylation sites (N-methyl/N-ethyl adjacent to an activating group) is 1. The van der Waals surface area contributed by atoms with E-state index >= 15 is 0 Å². The SMILES string of the molecule is CCC(=O)OCN(C(=O)[C@@H](NC(=O)C1CCCCN1C)C(C)CC)[C@H](C[C@@H](OC(C)=O)c1nc(C(=O)N[C@@H](Cc2ccc(O)cc2)C[C@H](C)C(=O)O)cs1)C(C)C. The molecule has 2 heterocycles. The number of nitrogens with zero attached hydrogens (tertiary/aromatic N) is 3. The number of aliphatic carboxylic acids is 1. The monoisotopic (exact) mass is 815 g/mol. The second-order valence-electron chi connectivity index (χ2n) is 15.4. The molecule has 0 aliphatic carbocycles. The van der Waals surface area contributed by atoms with Crippen LogP contribution in [0.15, 0.2) is 29.6 Å². The molecule has 4 N–H and O–H groups in total. The van der Waals surface area contributed by atoms with Crippen LogP contribution in [-0.2, 0) is 39.9 Å². The number of carboxylic acids is 1. The standard InChI is InChI=1S/C41H61N5O10S/c1-9-25(5)36(44-38(51)32-13-11-12-18-45(32)8)40(52)46(23-55-35(49)10-2)33(24(3)4)21-34(56-27(7)47)39-43-31(22-57-39)37(50)42-29(19-26(6)41(53)54)20-28-14-16-30(48)17-15-28/h14-17,22,24-26,29,32-34,36,48H,9-13,18-21,23H2,1-8H3,(H,42,50)(H,44,51)(H,53,54)/t25?,26-,29+,32?,33+,34+,36-/m0/s1. The Kier molecular flexibility index (Phi) is 18.4. The number of esters is 2. The summed E-state index contributed by atoms with van der Waals surface area (Å²) in [5, 5.41) is 27.0. The van der Waals surface area contributed by atoms with Crippen LogP contribution in [0.5, 0.6) is 5.75 Å². The quantitative estimate of drug-likeness (QED) is 0.0963. The number of thiazole rings is 1. The van der Waals surface area contributed by atoms with E-state index in [4.69, 9.17) is 9.47 Å². The minimum Gasteiger partial charge on any atom is -0.508 e. The van der Waals surface area contributed by atoms with Crippen LogP contribution in [0.3, 0.4) is 0 Å². The number of carbonyl (C=O) groups is 6. The Balaban J connectivity index is 1.94. The molecule has 1 aromatic carbocycles. The smallest absolute Gasteiger partial charge is 0.307 e. The molecule has 0 radical (unpaired) electrons. The largest absolute Gasteiger partial charge is 0.508 e. The van der Waals surface area contributed by atoms with Gasteiger partial charge in [0.25, 0.3) is 5.91 Å². The molecule has 0 spiro atoms. The lowest BCUT2D eigenvalue weighted by molar-refractivity contribution is -0.160. The van der Waals surface area contributed by atoms with Crippen molar-refractivity contribution in [2.45, 2.75) is 130 Å². The third-order valence-corrected chi connectivity index (χ3v) is 11.5. The van der Waals surface area contributed by atoms with Gasteiger partial charge in [0.05, 0.1) is 12.0 Å². The highest BCUT2D eigenvalue weighted by Crippen LogP contribution is 2.32. The number of hydrogen-bond donors (Lipinski definition) is 4. The van der Waals surface area contributed by atoms with Crippen molar-refractivity contribution >= 4 is 47.0 Å². The van der Waals surface area contributed by atoms with Crippen LogP contribution in [0.4, 0.5) is 0 Å². The lowest BCUT2D eigenvalue weighted by atomic mass is 9.92. The van der Waals surface area contributed by atoms with Crippen molar-refractivity contribution in [3.8, 4) is 5.75 Å². The maximum Gasteiger partial charge on any atom is 0.307 e. The number of ether oxygens (including phenoxy) is 2. The summed E-state index contributed by atoms with van der Waals surface area (Å²) in [6, 6.07) is 3.85. The highest BCUT2D eigenvalue weighted by atomic mass is 32.1. The predicted molar refractivity (Wildman–Crippen MR) is 214 cm³/mol. The molecule has 3 amide bonds. The number of benzene rings is 1. The zero-order valence-corrected chi connectivity index (χ0v) is 35.3. The molecule has 7 atom stereocenters. The van der Waals surface area contributed by atoms with E-state index in [1.165, 1.54) is 29.3 Å². The Morgan fingerprint density at radius 1 is 1.02 bits per heavy atom. The number of likely N-dealkylation sites (tertiary alicyclic amines) is 1. The zero-order chi connectivity index (χ0) is 42.4. The zero-order valence-electron chi connectivity index (χ0n) is 34.5. The van der Waals surface area contributed by atoms with Gasteiger partial charge in [-0.15, -0.1) is 11.3 Å². The van der Waals surface area contributed by atoms with E-state index in [0.29, 0.717) is 24.3 Å². The van der Waals surface area contributed by atoms with Crippen LogP contribution in [0, 0.1) is 17.8 Å². The first-order valence-electron chi connectivity index (χ1n) is 19.9. The maximum atomic E-state index is 14.7. The minimum absolute atomic E-state index is 0.0315. The Morgan fingerprint density at radius 3 is 2.28 bits per heavy atom. The van der Waals surface area contributed by atoms with E-state index in [0.717, 1.165) is 36.3 Å². The fourth-order valence-corrected chi connectivity index (χ4v) is 7.74. The number of piperidine rings is 1. The summed E-state index contributed by atoms with van der Waals surface area (Å²) >= 11 is 1.09. The molecule has 1 saturated heterocycles. The molecule has 2 unspecified atom stereocenters. The van der Waals surface area contributed by atoms with Gasteiger partial charge in [0.15, 0.2) is 12.8 Å². The Labute approximate surface area is 339 Å². The molecule has 1 aliphatic rings. The van der Waals surface area contributed by atoms with Gasteiger partial charge in [-0.25, -0.2) is 4.98 Å². The fraction of sp³-hybridized carbons (Fsp3) is 0.634. The molecule has 1 fully saturated rings. The number of aromatic hydroxyl groups is 1. The van der Waals surface area contributed by atoms with Crippen molar-refractivity contribution in [3.63, 3.8) is 0 Å². The van der Waals surface area contributed by atoms with Crippen LogP contribution in [0.25, 0.3) is 0 Å². The first-order chi connectivity index (χ1) is 26.9. The fourth-order valence-electron chi connectivity index (χ4n) is 6.90. The third-order valence-electron chi connectivity index (χ3n) is 10.6. The van der Waals surface area contributed by atoms with Gasteiger partial charge in [0.1, 0.15) is 22.5 Å². The van der Waals surface area contributed by atoms with Crippen LogP contribution in [-0.4, -0.2) is 105 Å². The summed E-state index contributed by atoms with van der Waals surface area (Å²) < 4.78 is 11.4. The Morgan fingerprint density at radius 2 is 1.70 bits per heavy atom. The van der Waals surface area contributed by atoms with Gasteiger partial charge in [-0.05, 0) is 68.8 Å². The first kappa shape index (κ1) is 46.8. The number of nitrogens with one attached hydrogen (secondary N) is 2. The molecule has 3 rings (SSSR count). The van der Waals surface area contributed by atoms with Crippen molar-refractivity contribution in [1.82, 2.24) is 25.4 Å². The van der Waals surface area contributed by atoms with E-state index in [1.54, 1.807) is 26.0 Å². The highest BCUT2D eigenvalue weighted by molar-refractivity contribution is 7.09. The van der Waals surface area contributed by atoms with E-state index in [-0.39, 0.29) is 54.5 Å². The summed E-state index contributed by atoms with van der Waals surface area (Å²) in [7, 11) is 1.90. The van der Waals surface area contributed by atoms with Gasteiger partial charge in [0, 0.05) is 37.2 Å². The number of carbonyl (C=O) groups excluding carboxylic acids is 5. The van der Waals surface area contributed by atoms with E-state index in [2.05, 4.69) is 15.6 Å². The van der Waals surface area contributed by atoms with Crippen LogP contribution < -0.4 is 10.6 Å². The van der Waals surface area contributed by atoms with Gasteiger partial charge in [-0.1, -0.05) is 66.5 Å².